The Morgan fingerprint density at radius 2 is 2.00 bits per heavy atom. The molecule has 0 bridgehead atoms. The Bertz CT molecular complexity index is 303. The third-order valence-corrected chi connectivity index (χ3v) is 5.09. The summed E-state index contributed by atoms with van der Waals surface area (Å²) in [5, 5.41) is 0. The van der Waals surface area contributed by atoms with Crippen molar-refractivity contribution in [1.82, 2.24) is 4.90 Å². The highest BCUT2D eigenvalue weighted by molar-refractivity contribution is 5.80. The molecule has 2 N–H and O–H groups in total. The van der Waals surface area contributed by atoms with E-state index in [0.717, 1.165) is 25.9 Å². The average Bonchev–Trinajstić information content (AvgIpc) is 2.81. The Morgan fingerprint density at radius 1 is 1.28 bits per heavy atom. The van der Waals surface area contributed by atoms with Crippen LogP contribution in [-0.4, -0.2) is 29.9 Å². The summed E-state index contributed by atoms with van der Waals surface area (Å²) in [6, 6.07) is 0.0735. The van der Waals surface area contributed by atoms with Crippen molar-refractivity contribution in [2.75, 3.05) is 13.1 Å². The number of nitrogens with two attached hydrogens (primary N) is 1. The number of hydrogen-bond acceptors (Lipinski definition) is 2. The SMILES string of the molecule is CC(C)C1CCN(C(=O)C2CCCC(C)C2N)C1. The van der Waals surface area contributed by atoms with E-state index in [1.807, 2.05) is 0 Å². The lowest BCUT2D eigenvalue weighted by Gasteiger charge is -2.35. The van der Waals surface area contributed by atoms with E-state index in [-0.39, 0.29) is 12.0 Å². The van der Waals surface area contributed by atoms with E-state index in [1.165, 1.54) is 12.8 Å². The topological polar surface area (TPSA) is 46.3 Å². The third kappa shape index (κ3) is 2.71. The van der Waals surface area contributed by atoms with Crippen molar-refractivity contribution in [3.8, 4) is 0 Å². The smallest absolute Gasteiger partial charge is 0.227 e. The summed E-state index contributed by atoms with van der Waals surface area (Å²) in [5.74, 6) is 2.28. The van der Waals surface area contributed by atoms with Crippen molar-refractivity contribution >= 4 is 5.91 Å². The largest absolute Gasteiger partial charge is 0.342 e. The maximum absolute atomic E-state index is 12.6. The van der Waals surface area contributed by atoms with Gasteiger partial charge in [-0.25, -0.2) is 0 Å². The fraction of sp³-hybridized carbons (Fsp3) is 0.933. The van der Waals surface area contributed by atoms with Gasteiger partial charge in [-0.2, -0.15) is 0 Å². The quantitative estimate of drug-likeness (QED) is 0.819. The lowest BCUT2D eigenvalue weighted by molar-refractivity contribution is -0.136. The Labute approximate surface area is 111 Å². The van der Waals surface area contributed by atoms with E-state index >= 15 is 0 Å². The van der Waals surface area contributed by atoms with Crippen LogP contribution in [0.15, 0.2) is 0 Å². The summed E-state index contributed by atoms with van der Waals surface area (Å²) in [4.78, 5) is 14.6. The molecular weight excluding hydrogens is 224 g/mol. The van der Waals surface area contributed by atoms with Crippen molar-refractivity contribution in [2.24, 2.45) is 29.4 Å². The number of carbonyl (C=O) groups is 1. The van der Waals surface area contributed by atoms with Gasteiger partial charge in [0.25, 0.3) is 0 Å². The zero-order valence-electron chi connectivity index (χ0n) is 12.1. The van der Waals surface area contributed by atoms with Gasteiger partial charge in [0, 0.05) is 19.1 Å². The highest BCUT2D eigenvalue weighted by Crippen LogP contribution is 2.31. The van der Waals surface area contributed by atoms with Gasteiger partial charge in [-0.1, -0.05) is 27.2 Å². The van der Waals surface area contributed by atoms with Crippen molar-refractivity contribution in [3.63, 3.8) is 0 Å². The number of likely N-dealkylation sites (tertiary alicyclic amines) is 1. The summed E-state index contributed by atoms with van der Waals surface area (Å²) >= 11 is 0. The second-order valence-corrected chi connectivity index (χ2v) is 6.67. The minimum Gasteiger partial charge on any atom is -0.342 e. The summed E-state index contributed by atoms with van der Waals surface area (Å²) in [5.41, 5.74) is 6.24. The lowest BCUT2D eigenvalue weighted by Crippen LogP contribution is -2.48. The molecule has 1 saturated heterocycles. The van der Waals surface area contributed by atoms with E-state index in [9.17, 15) is 4.79 Å². The molecule has 1 aliphatic heterocycles. The summed E-state index contributed by atoms with van der Waals surface area (Å²) in [6.07, 6.45) is 4.50. The molecule has 0 aromatic heterocycles. The molecule has 0 aromatic carbocycles. The Hall–Kier alpha value is -0.570. The zero-order valence-corrected chi connectivity index (χ0v) is 12.1. The van der Waals surface area contributed by atoms with Gasteiger partial charge in [0.2, 0.25) is 5.91 Å². The number of amides is 1. The highest BCUT2D eigenvalue weighted by Gasteiger charge is 2.37. The van der Waals surface area contributed by atoms with Crippen LogP contribution in [0, 0.1) is 23.7 Å². The van der Waals surface area contributed by atoms with Crippen LogP contribution >= 0.6 is 0 Å². The molecule has 0 aromatic rings. The van der Waals surface area contributed by atoms with Gasteiger partial charge in [0.05, 0.1) is 5.92 Å². The first-order valence-electron chi connectivity index (χ1n) is 7.55. The molecule has 1 saturated carbocycles. The molecule has 0 radical (unpaired) electrons. The molecule has 1 amide bonds. The number of hydrogen-bond donors (Lipinski definition) is 1. The monoisotopic (exact) mass is 252 g/mol. The van der Waals surface area contributed by atoms with Crippen molar-refractivity contribution in [2.45, 2.75) is 52.5 Å². The summed E-state index contributed by atoms with van der Waals surface area (Å²) in [7, 11) is 0. The summed E-state index contributed by atoms with van der Waals surface area (Å²) < 4.78 is 0. The molecule has 2 fully saturated rings. The molecular formula is C15H28N2O. The highest BCUT2D eigenvalue weighted by atomic mass is 16.2. The average molecular weight is 252 g/mol. The first kappa shape index (κ1) is 13.9. The number of carbonyl (C=O) groups excluding carboxylic acids is 1. The fourth-order valence-electron chi connectivity index (χ4n) is 3.50. The molecule has 2 aliphatic rings. The van der Waals surface area contributed by atoms with Crippen LogP contribution in [0.5, 0.6) is 0 Å². The normalized spacial score (nSPS) is 37.3. The number of nitrogens with zero attached hydrogens (tertiary/aromatic N) is 1. The maximum Gasteiger partial charge on any atom is 0.227 e. The third-order valence-electron chi connectivity index (χ3n) is 5.09. The maximum atomic E-state index is 12.6. The molecule has 0 spiro atoms. The van der Waals surface area contributed by atoms with Gasteiger partial charge >= 0.3 is 0 Å². The first-order chi connectivity index (χ1) is 8.50. The van der Waals surface area contributed by atoms with Crippen LogP contribution in [-0.2, 0) is 4.79 Å². The number of rotatable bonds is 2. The molecule has 1 heterocycles. The van der Waals surface area contributed by atoms with E-state index < -0.39 is 0 Å². The molecule has 2 rings (SSSR count). The molecule has 3 nitrogen and oxygen atoms in total. The van der Waals surface area contributed by atoms with Gasteiger partial charge in [-0.05, 0) is 37.0 Å². The second kappa shape index (κ2) is 5.60. The van der Waals surface area contributed by atoms with Crippen molar-refractivity contribution < 1.29 is 4.79 Å². The van der Waals surface area contributed by atoms with E-state index in [4.69, 9.17) is 5.73 Å². The summed E-state index contributed by atoms with van der Waals surface area (Å²) in [6.45, 7) is 8.60. The first-order valence-corrected chi connectivity index (χ1v) is 7.55. The van der Waals surface area contributed by atoms with Gasteiger partial charge in [0.15, 0.2) is 0 Å². The van der Waals surface area contributed by atoms with Crippen LogP contribution in [0.3, 0.4) is 0 Å². The van der Waals surface area contributed by atoms with Gasteiger partial charge in [-0.15, -0.1) is 0 Å². The Balaban J connectivity index is 1.95. The van der Waals surface area contributed by atoms with Crippen molar-refractivity contribution in [1.29, 1.82) is 0 Å². The minimum absolute atomic E-state index is 0.0735. The van der Waals surface area contributed by atoms with E-state index in [2.05, 4.69) is 25.7 Å². The molecule has 4 atom stereocenters. The molecule has 3 heteroatoms. The molecule has 104 valence electrons. The predicted octanol–water partition coefficient (Wildman–Crippen LogP) is 2.25. The molecule has 4 unspecified atom stereocenters. The van der Waals surface area contributed by atoms with Crippen molar-refractivity contribution in [3.05, 3.63) is 0 Å². The van der Waals surface area contributed by atoms with Crippen LogP contribution in [0.1, 0.15) is 46.5 Å². The van der Waals surface area contributed by atoms with Gasteiger partial charge in [-0.3, -0.25) is 4.79 Å². The molecule has 18 heavy (non-hydrogen) atoms. The standard InChI is InChI=1S/C15H28N2O/c1-10(2)12-7-8-17(9-12)15(18)13-6-4-5-11(3)14(13)16/h10-14H,4-9,16H2,1-3H3. The van der Waals surface area contributed by atoms with Crippen LogP contribution in [0.25, 0.3) is 0 Å². The Kier molecular flexibility index (Phi) is 4.31. The van der Waals surface area contributed by atoms with Gasteiger partial charge < -0.3 is 10.6 Å². The van der Waals surface area contributed by atoms with Crippen LogP contribution < -0.4 is 5.73 Å². The Morgan fingerprint density at radius 3 is 2.61 bits per heavy atom. The predicted molar refractivity (Wildman–Crippen MR) is 74.0 cm³/mol. The minimum atomic E-state index is 0.0735. The van der Waals surface area contributed by atoms with Crippen LogP contribution in [0.2, 0.25) is 0 Å². The van der Waals surface area contributed by atoms with Crippen LogP contribution in [0.4, 0.5) is 0 Å². The van der Waals surface area contributed by atoms with E-state index in [0.29, 0.717) is 23.7 Å². The second-order valence-electron chi connectivity index (χ2n) is 6.67. The van der Waals surface area contributed by atoms with E-state index in [1.54, 1.807) is 0 Å². The lowest BCUT2D eigenvalue weighted by atomic mass is 9.77. The fourth-order valence-corrected chi connectivity index (χ4v) is 3.50. The van der Waals surface area contributed by atoms with Gasteiger partial charge in [0.1, 0.15) is 0 Å². The molecule has 1 aliphatic carbocycles. The zero-order chi connectivity index (χ0) is 13.3.